The molecule has 0 radical (unpaired) electrons. The number of anilines is 1. The molecular weight excluding hydrogens is 372 g/mol. The Hall–Kier alpha value is -2.93. The number of piperidine rings is 1. The number of aliphatic hydroxyl groups is 1. The molecule has 2 aliphatic heterocycles. The number of amides is 2. The highest BCUT2D eigenvalue weighted by Gasteiger charge is 2.33. The van der Waals surface area contributed by atoms with Crippen LogP contribution in [-0.4, -0.2) is 59.1 Å². The normalized spacial score (nSPS) is 15.9. The van der Waals surface area contributed by atoms with Crippen LogP contribution >= 0.6 is 0 Å². The molecule has 1 saturated heterocycles. The quantitative estimate of drug-likeness (QED) is 0.769. The number of rotatable bonds is 4. The molecule has 154 valence electrons. The van der Waals surface area contributed by atoms with Crippen molar-refractivity contribution in [3.05, 3.63) is 41.5 Å². The van der Waals surface area contributed by atoms with Crippen molar-refractivity contribution < 1.29 is 24.6 Å². The Balaban J connectivity index is 0.000000552. The Morgan fingerprint density at radius 1 is 1.00 bits per heavy atom. The molecule has 0 bridgehead atoms. The second-order valence-electron chi connectivity index (χ2n) is 7.27. The fourth-order valence-electron chi connectivity index (χ4n) is 3.97. The summed E-state index contributed by atoms with van der Waals surface area (Å²) in [5.74, 6) is -1.35. The van der Waals surface area contributed by atoms with Crippen molar-refractivity contribution in [3.8, 4) is 0 Å². The highest BCUT2D eigenvalue weighted by Crippen LogP contribution is 2.36. The van der Waals surface area contributed by atoms with Crippen LogP contribution in [0.2, 0.25) is 0 Å². The number of carbonyl (C=O) groups excluding carboxylic acids is 2. The first-order valence-electron chi connectivity index (χ1n) is 9.93. The summed E-state index contributed by atoms with van der Waals surface area (Å²) in [7, 11) is 0. The molecular formula is C22H26N2O5. The van der Waals surface area contributed by atoms with Crippen molar-refractivity contribution in [1.29, 1.82) is 0 Å². The van der Waals surface area contributed by atoms with Gasteiger partial charge in [0.2, 0.25) is 0 Å². The van der Waals surface area contributed by atoms with Crippen LogP contribution in [0.15, 0.2) is 30.3 Å². The third kappa shape index (κ3) is 4.24. The zero-order chi connectivity index (χ0) is 21.0. The lowest BCUT2D eigenvalue weighted by Gasteiger charge is -2.32. The summed E-state index contributed by atoms with van der Waals surface area (Å²) >= 11 is 0. The maximum absolute atomic E-state index is 12.8. The second-order valence-corrected chi connectivity index (χ2v) is 7.27. The summed E-state index contributed by atoms with van der Waals surface area (Å²) in [5, 5.41) is 18.2. The highest BCUT2D eigenvalue weighted by atomic mass is 16.4. The largest absolute Gasteiger partial charge is 0.481 e. The number of nitrogens with zero attached hydrogens (tertiary/aromatic N) is 2. The van der Waals surface area contributed by atoms with Gasteiger partial charge in [-0.25, -0.2) is 0 Å². The molecule has 2 aliphatic rings. The van der Waals surface area contributed by atoms with E-state index in [1.165, 1.54) is 24.2 Å². The van der Waals surface area contributed by atoms with E-state index in [-0.39, 0.29) is 25.0 Å². The van der Waals surface area contributed by atoms with Gasteiger partial charge in [-0.05, 0) is 43.9 Å². The predicted octanol–water partition coefficient (Wildman–Crippen LogP) is 2.90. The lowest BCUT2D eigenvalue weighted by atomic mass is 9.92. The molecule has 2 aromatic rings. The van der Waals surface area contributed by atoms with Gasteiger partial charge in [-0.2, -0.15) is 0 Å². The number of hydrogen-bond acceptors (Lipinski definition) is 5. The van der Waals surface area contributed by atoms with Crippen molar-refractivity contribution in [2.45, 2.75) is 32.6 Å². The molecule has 2 amide bonds. The predicted molar refractivity (Wildman–Crippen MR) is 110 cm³/mol. The summed E-state index contributed by atoms with van der Waals surface area (Å²) in [6.45, 7) is 3.33. The molecule has 7 nitrogen and oxygen atoms in total. The molecule has 0 atom stereocenters. The Morgan fingerprint density at radius 2 is 1.62 bits per heavy atom. The average molecular weight is 398 g/mol. The molecule has 2 N–H and O–H groups in total. The number of aliphatic carboxylic acids is 1. The Kier molecular flexibility index (Phi) is 6.49. The van der Waals surface area contributed by atoms with E-state index < -0.39 is 5.97 Å². The van der Waals surface area contributed by atoms with E-state index in [9.17, 15) is 9.59 Å². The van der Waals surface area contributed by atoms with Crippen LogP contribution in [0.5, 0.6) is 0 Å². The molecule has 0 aromatic heterocycles. The van der Waals surface area contributed by atoms with Crippen LogP contribution in [0.3, 0.4) is 0 Å². The average Bonchev–Trinajstić information content (AvgIpc) is 2.72. The van der Waals surface area contributed by atoms with Gasteiger partial charge in [-0.1, -0.05) is 12.1 Å². The van der Waals surface area contributed by atoms with E-state index in [0.717, 1.165) is 36.5 Å². The fraction of sp³-hybridized carbons (Fsp3) is 0.409. The first-order valence-corrected chi connectivity index (χ1v) is 9.93. The first-order chi connectivity index (χ1) is 14.0. The van der Waals surface area contributed by atoms with E-state index in [4.69, 9.17) is 15.0 Å². The lowest BCUT2D eigenvalue weighted by molar-refractivity contribution is -0.134. The molecule has 29 heavy (non-hydrogen) atoms. The summed E-state index contributed by atoms with van der Waals surface area (Å²) in [6, 6.07) is 9.58. The van der Waals surface area contributed by atoms with Gasteiger partial charge in [0, 0.05) is 60.8 Å². The number of carbonyl (C=O) groups is 3. The minimum absolute atomic E-state index is 0.0397. The van der Waals surface area contributed by atoms with Crippen molar-refractivity contribution in [2.24, 2.45) is 0 Å². The number of carboxylic acid groups (broad SMARTS) is 1. The van der Waals surface area contributed by atoms with Crippen molar-refractivity contribution in [3.63, 3.8) is 0 Å². The second kappa shape index (κ2) is 9.05. The van der Waals surface area contributed by atoms with Crippen LogP contribution in [0, 0.1) is 0 Å². The van der Waals surface area contributed by atoms with Crippen LogP contribution in [0.4, 0.5) is 5.69 Å². The number of hydrogen-bond donors (Lipinski definition) is 2. The maximum Gasteiger partial charge on any atom is 0.300 e. The number of imide groups is 1. The van der Waals surface area contributed by atoms with E-state index in [1.807, 2.05) is 24.3 Å². The van der Waals surface area contributed by atoms with Gasteiger partial charge in [0.05, 0.1) is 0 Å². The summed E-state index contributed by atoms with van der Waals surface area (Å²) in [4.78, 5) is 38.3. The molecule has 0 aliphatic carbocycles. The summed E-state index contributed by atoms with van der Waals surface area (Å²) < 4.78 is 0. The van der Waals surface area contributed by atoms with Crippen LogP contribution < -0.4 is 4.90 Å². The molecule has 2 aromatic carbocycles. The Morgan fingerprint density at radius 3 is 2.24 bits per heavy atom. The smallest absolute Gasteiger partial charge is 0.300 e. The Bertz CT molecular complexity index is 908. The summed E-state index contributed by atoms with van der Waals surface area (Å²) in [6.07, 6.45) is 4.01. The number of benzene rings is 2. The topological polar surface area (TPSA) is 98.2 Å². The Labute approximate surface area is 169 Å². The molecule has 2 heterocycles. The minimum atomic E-state index is -0.833. The maximum atomic E-state index is 12.8. The standard InChI is InChI=1S/C20H22N2O3.C2H4O2/c23-13-5-12-22-19(24)15-7-4-6-14-17(21-10-2-1-3-11-21)9-8-16(18(14)15)20(22)25;1-2(3)4/h4,6-9,23H,1-3,5,10-13H2;1H3,(H,3,4). The molecule has 0 spiro atoms. The van der Waals surface area contributed by atoms with Gasteiger partial charge >= 0.3 is 0 Å². The van der Waals surface area contributed by atoms with Gasteiger partial charge in [0.1, 0.15) is 0 Å². The van der Waals surface area contributed by atoms with Gasteiger partial charge in [0.15, 0.2) is 0 Å². The van der Waals surface area contributed by atoms with Gasteiger partial charge in [-0.3, -0.25) is 19.3 Å². The molecule has 0 unspecified atom stereocenters. The summed E-state index contributed by atoms with van der Waals surface area (Å²) in [5.41, 5.74) is 2.29. The van der Waals surface area contributed by atoms with E-state index in [1.54, 1.807) is 6.07 Å². The number of aliphatic hydroxyl groups excluding tert-OH is 1. The highest BCUT2D eigenvalue weighted by molar-refractivity contribution is 6.26. The zero-order valence-corrected chi connectivity index (χ0v) is 16.6. The minimum Gasteiger partial charge on any atom is -0.481 e. The van der Waals surface area contributed by atoms with Crippen molar-refractivity contribution in [2.75, 3.05) is 31.1 Å². The lowest BCUT2D eigenvalue weighted by Crippen LogP contribution is -2.41. The molecule has 0 saturated carbocycles. The SMILES string of the molecule is CC(=O)O.O=C1c2cccc3c(N4CCCCC4)ccc(c23)C(=O)N1CCCO. The van der Waals surface area contributed by atoms with Crippen LogP contribution in [-0.2, 0) is 4.79 Å². The third-order valence-corrected chi connectivity index (χ3v) is 5.21. The zero-order valence-electron chi connectivity index (χ0n) is 16.6. The van der Waals surface area contributed by atoms with Gasteiger partial charge in [0.25, 0.3) is 17.8 Å². The first kappa shape index (κ1) is 20.8. The van der Waals surface area contributed by atoms with E-state index >= 15 is 0 Å². The number of carboxylic acids is 1. The van der Waals surface area contributed by atoms with Crippen LogP contribution in [0.25, 0.3) is 10.8 Å². The van der Waals surface area contributed by atoms with Crippen molar-refractivity contribution >= 4 is 34.2 Å². The van der Waals surface area contributed by atoms with Gasteiger partial charge < -0.3 is 15.1 Å². The fourth-order valence-corrected chi connectivity index (χ4v) is 3.97. The van der Waals surface area contributed by atoms with Gasteiger partial charge in [-0.15, -0.1) is 0 Å². The van der Waals surface area contributed by atoms with Crippen LogP contribution in [0.1, 0.15) is 53.3 Å². The molecule has 4 rings (SSSR count). The van der Waals surface area contributed by atoms with E-state index in [0.29, 0.717) is 17.5 Å². The third-order valence-electron chi connectivity index (χ3n) is 5.21. The van der Waals surface area contributed by atoms with Crippen molar-refractivity contribution in [1.82, 2.24) is 4.90 Å². The molecule has 1 fully saturated rings. The van der Waals surface area contributed by atoms with E-state index in [2.05, 4.69) is 4.90 Å². The molecule has 7 heteroatoms. The monoisotopic (exact) mass is 398 g/mol.